The number of nitrogens with zero attached hydrogens (tertiary/aromatic N) is 4. The van der Waals surface area contributed by atoms with Crippen LogP contribution in [0, 0.1) is 0 Å². The summed E-state index contributed by atoms with van der Waals surface area (Å²) in [4.78, 5) is 30.8. The number of urea groups is 1. The zero-order valence-electron chi connectivity index (χ0n) is 13.2. The number of hydrogen-bond acceptors (Lipinski definition) is 4. The summed E-state index contributed by atoms with van der Waals surface area (Å²) in [6.07, 6.45) is 2.11. The first kappa shape index (κ1) is 15.4. The molecule has 0 aromatic carbocycles. The van der Waals surface area contributed by atoms with Gasteiger partial charge in [-0.2, -0.15) is 0 Å². The van der Waals surface area contributed by atoms with E-state index in [-0.39, 0.29) is 18.5 Å². The van der Waals surface area contributed by atoms with E-state index in [4.69, 9.17) is 5.73 Å². The van der Waals surface area contributed by atoms with Crippen LogP contribution >= 0.6 is 0 Å². The van der Waals surface area contributed by atoms with Crippen molar-refractivity contribution in [3.8, 4) is 0 Å². The highest BCUT2D eigenvalue weighted by Crippen LogP contribution is 2.30. The second-order valence-electron chi connectivity index (χ2n) is 5.78. The molecule has 7 nitrogen and oxygen atoms in total. The van der Waals surface area contributed by atoms with Crippen LogP contribution in [0.3, 0.4) is 0 Å². The maximum Gasteiger partial charge on any atom is 0.331 e. The Morgan fingerprint density at radius 3 is 2.52 bits per heavy atom. The van der Waals surface area contributed by atoms with E-state index >= 15 is 0 Å². The number of pyridine rings is 1. The summed E-state index contributed by atoms with van der Waals surface area (Å²) in [5.74, 6) is -0.314. The van der Waals surface area contributed by atoms with E-state index in [0.29, 0.717) is 22.6 Å². The molecule has 1 aliphatic heterocycles. The molecule has 1 aliphatic rings. The number of carbonyl (C=O) groups is 2. The molecule has 2 aromatic rings. The topological polar surface area (TPSA) is 83.9 Å². The van der Waals surface area contributed by atoms with Crippen molar-refractivity contribution in [3.05, 3.63) is 29.7 Å². The summed E-state index contributed by atoms with van der Waals surface area (Å²) >= 11 is 0. The molecule has 3 rings (SSSR count). The van der Waals surface area contributed by atoms with Crippen molar-refractivity contribution >= 4 is 23.3 Å². The second-order valence-corrected chi connectivity index (χ2v) is 5.78. The van der Waals surface area contributed by atoms with Gasteiger partial charge in [0.2, 0.25) is 5.91 Å². The minimum absolute atomic E-state index is 0.0878. The largest absolute Gasteiger partial charge is 0.331 e. The van der Waals surface area contributed by atoms with Gasteiger partial charge in [-0.05, 0) is 19.9 Å². The Bertz CT molecular complexity index is 799. The molecule has 122 valence electrons. The zero-order valence-corrected chi connectivity index (χ0v) is 13.2. The first-order chi connectivity index (χ1) is 10.8. The molecule has 0 radical (unpaired) electrons. The molecule has 0 spiro atoms. The standard InChI is InChI=1S/C15H18FN5O2/c1-8(16)10-4-12(21-7-13(22)19(3)15(21)23)14-18-11(9(2)17)6-20(14)5-10/h4-6,8-9H,7,17H2,1-3H3/t8?,9-/m1/s1. The van der Waals surface area contributed by atoms with Gasteiger partial charge in [0.1, 0.15) is 12.7 Å². The summed E-state index contributed by atoms with van der Waals surface area (Å²) in [5.41, 5.74) is 7.76. The lowest BCUT2D eigenvalue weighted by molar-refractivity contribution is -0.123. The van der Waals surface area contributed by atoms with E-state index in [1.807, 2.05) is 0 Å². The Balaban J connectivity index is 2.21. The van der Waals surface area contributed by atoms with Crippen LogP contribution in [0.1, 0.15) is 37.3 Å². The van der Waals surface area contributed by atoms with Crippen LogP contribution in [0.4, 0.5) is 14.9 Å². The van der Waals surface area contributed by atoms with E-state index in [1.54, 1.807) is 29.8 Å². The third-order valence-corrected chi connectivity index (χ3v) is 3.97. The average Bonchev–Trinajstić information content (AvgIpc) is 3.03. The van der Waals surface area contributed by atoms with Crippen molar-refractivity contribution in [1.29, 1.82) is 0 Å². The van der Waals surface area contributed by atoms with Crippen molar-refractivity contribution in [3.63, 3.8) is 0 Å². The van der Waals surface area contributed by atoms with Crippen LogP contribution in [0.5, 0.6) is 0 Å². The molecule has 0 aliphatic carbocycles. The van der Waals surface area contributed by atoms with Gasteiger partial charge in [0, 0.05) is 31.0 Å². The summed E-state index contributed by atoms with van der Waals surface area (Å²) < 4.78 is 15.5. The van der Waals surface area contributed by atoms with Gasteiger partial charge < -0.3 is 10.1 Å². The fourth-order valence-corrected chi connectivity index (χ4v) is 2.54. The smallest absolute Gasteiger partial charge is 0.323 e. The fraction of sp³-hybridized carbons (Fsp3) is 0.400. The van der Waals surface area contributed by atoms with Crippen LogP contribution in [-0.2, 0) is 4.79 Å². The van der Waals surface area contributed by atoms with Crippen LogP contribution in [0.15, 0.2) is 18.5 Å². The summed E-state index contributed by atoms with van der Waals surface area (Å²) in [6, 6.07) is 0.806. The number of likely N-dealkylation sites (N-methyl/N-ethyl adjacent to an activating group) is 1. The van der Waals surface area contributed by atoms with E-state index in [9.17, 15) is 14.0 Å². The molecule has 3 heterocycles. The van der Waals surface area contributed by atoms with Gasteiger partial charge in [0.05, 0.1) is 11.4 Å². The summed E-state index contributed by atoms with van der Waals surface area (Å²) in [5, 5.41) is 0. The lowest BCUT2D eigenvalue weighted by Gasteiger charge is -2.17. The number of halogens is 1. The minimum atomic E-state index is -1.22. The molecule has 3 amide bonds. The number of hydrogen-bond donors (Lipinski definition) is 1. The number of carbonyl (C=O) groups excluding carboxylic acids is 2. The normalized spacial score (nSPS) is 18.1. The zero-order chi connectivity index (χ0) is 16.9. The number of imidazole rings is 1. The van der Waals surface area contributed by atoms with Gasteiger partial charge in [0.15, 0.2) is 5.65 Å². The number of fused-ring (bicyclic) bond motifs is 1. The molecule has 23 heavy (non-hydrogen) atoms. The second kappa shape index (κ2) is 5.31. The van der Waals surface area contributed by atoms with Crippen LogP contribution in [0.25, 0.3) is 5.65 Å². The fourth-order valence-electron chi connectivity index (χ4n) is 2.54. The SMILES string of the molecule is CC(F)c1cc(N2CC(=O)N(C)C2=O)c2nc([C@@H](C)N)cn2c1. The maximum atomic E-state index is 13.8. The quantitative estimate of drug-likeness (QED) is 0.874. The monoisotopic (exact) mass is 319 g/mol. The predicted octanol–water partition coefficient (Wildman–Crippen LogP) is 1.78. The molecular weight excluding hydrogens is 301 g/mol. The highest BCUT2D eigenvalue weighted by atomic mass is 19.1. The Hall–Kier alpha value is -2.48. The predicted molar refractivity (Wildman–Crippen MR) is 82.8 cm³/mol. The molecule has 1 fully saturated rings. The van der Waals surface area contributed by atoms with E-state index in [2.05, 4.69) is 4.98 Å². The van der Waals surface area contributed by atoms with E-state index in [1.165, 1.54) is 18.9 Å². The van der Waals surface area contributed by atoms with Gasteiger partial charge in [-0.25, -0.2) is 14.2 Å². The van der Waals surface area contributed by atoms with Crippen LogP contribution < -0.4 is 10.6 Å². The van der Waals surface area contributed by atoms with Crippen molar-refractivity contribution in [2.75, 3.05) is 18.5 Å². The molecule has 8 heteroatoms. The maximum absolute atomic E-state index is 13.8. The average molecular weight is 319 g/mol. The van der Waals surface area contributed by atoms with Crippen molar-refractivity contribution in [2.45, 2.75) is 26.1 Å². The Morgan fingerprint density at radius 1 is 1.30 bits per heavy atom. The number of anilines is 1. The number of amides is 3. The van der Waals surface area contributed by atoms with E-state index in [0.717, 1.165) is 4.90 Å². The first-order valence-electron chi connectivity index (χ1n) is 7.30. The van der Waals surface area contributed by atoms with Gasteiger partial charge in [-0.15, -0.1) is 0 Å². The highest BCUT2D eigenvalue weighted by molar-refractivity contribution is 6.13. The first-order valence-corrected chi connectivity index (χ1v) is 7.30. The molecule has 2 atom stereocenters. The molecule has 1 saturated heterocycles. The number of nitrogens with two attached hydrogens (primary N) is 1. The number of imide groups is 1. The van der Waals surface area contributed by atoms with Crippen molar-refractivity contribution in [1.82, 2.24) is 14.3 Å². The molecule has 2 N–H and O–H groups in total. The third-order valence-electron chi connectivity index (χ3n) is 3.97. The van der Waals surface area contributed by atoms with Gasteiger partial charge >= 0.3 is 6.03 Å². The Morgan fingerprint density at radius 2 is 2.00 bits per heavy atom. The van der Waals surface area contributed by atoms with Gasteiger partial charge in [-0.3, -0.25) is 14.6 Å². The highest BCUT2D eigenvalue weighted by Gasteiger charge is 2.35. The number of aromatic nitrogens is 2. The Kier molecular flexibility index (Phi) is 3.56. The van der Waals surface area contributed by atoms with E-state index < -0.39 is 12.2 Å². The molecule has 0 saturated carbocycles. The summed E-state index contributed by atoms with van der Waals surface area (Å²) in [7, 11) is 1.42. The van der Waals surface area contributed by atoms with Crippen LogP contribution in [0.2, 0.25) is 0 Å². The molecular formula is C15H18FN5O2. The van der Waals surface area contributed by atoms with Gasteiger partial charge in [-0.1, -0.05) is 0 Å². The third kappa shape index (κ3) is 2.44. The van der Waals surface area contributed by atoms with Gasteiger partial charge in [0.25, 0.3) is 0 Å². The van der Waals surface area contributed by atoms with Crippen LogP contribution in [-0.4, -0.2) is 39.8 Å². The number of rotatable bonds is 3. The van der Waals surface area contributed by atoms with Crippen molar-refractivity contribution in [2.24, 2.45) is 5.73 Å². The minimum Gasteiger partial charge on any atom is -0.323 e. The molecule has 0 bridgehead atoms. The summed E-state index contributed by atoms with van der Waals surface area (Å²) in [6.45, 7) is 3.12. The lowest BCUT2D eigenvalue weighted by Crippen LogP contribution is -2.30. The molecule has 2 aromatic heterocycles. The molecule has 1 unspecified atom stereocenters. The lowest BCUT2D eigenvalue weighted by atomic mass is 10.2. The Labute approximate surface area is 132 Å². The van der Waals surface area contributed by atoms with Crippen molar-refractivity contribution < 1.29 is 14.0 Å². The number of alkyl halides is 1.